The van der Waals surface area contributed by atoms with Gasteiger partial charge in [-0.05, 0) is 61.7 Å². The van der Waals surface area contributed by atoms with E-state index in [2.05, 4.69) is 27.1 Å². The van der Waals surface area contributed by atoms with E-state index in [4.69, 9.17) is 0 Å². The highest BCUT2D eigenvalue weighted by atomic mass is 19.1. The number of H-pyrrole nitrogens is 1. The van der Waals surface area contributed by atoms with E-state index in [1.807, 2.05) is 30.3 Å². The van der Waals surface area contributed by atoms with Crippen LogP contribution < -0.4 is 5.32 Å². The molecule has 0 aliphatic heterocycles. The number of rotatable bonds is 4. The number of para-hydroxylation sites is 1. The number of nitrogens with one attached hydrogen (secondary N) is 2. The van der Waals surface area contributed by atoms with Crippen LogP contribution >= 0.6 is 0 Å². The molecule has 1 amide bonds. The van der Waals surface area contributed by atoms with Crippen molar-refractivity contribution in [1.29, 1.82) is 0 Å². The molecule has 0 saturated heterocycles. The number of carbonyl (C=O) groups excluding carboxylic acids is 1. The lowest BCUT2D eigenvalue weighted by Gasteiger charge is -2.19. The number of aromatic nitrogens is 2. The van der Waals surface area contributed by atoms with E-state index in [-0.39, 0.29) is 17.0 Å². The fourth-order valence-electron chi connectivity index (χ4n) is 3.58. The zero-order chi connectivity index (χ0) is 23.5. The van der Waals surface area contributed by atoms with Crippen LogP contribution in [0.15, 0.2) is 60.7 Å². The molecule has 33 heavy (non-hydrogen) atoms. The molecule has 2 atom stereocenters. The minimum atomic E-state index is -0.866. The molecule has 0 fully saturated rings. The number of halogens is 1. The van der Waals surface area contributed by atoms with Crippen molar-refractivity contribution in [3.63, 3.8) is 0 Å². The average Bonchev–Trinajstić information content (AvgIpc) is 3.21. The van der Waals surface area contributed by atoms with Gasteiger partial charge in [-0.2, -0.15) is 0 Å². The number of aryl methyl sites for hydroxylation is 1. The summed E-state index contributed by atoms with van der Waals surface area (Å²) in [6, 6.07) is 15.4. The molecule has 6 nitrogen and oxygen atoms in total. The van der Waals surface area contributed by atoms with E-state index in [1.54, 1.807) is 19.9 Å². The number of hydrogen-bond acceptors (Lipinski definition) is 4. The van der Waals surface area contributed by atoms with Gasteiger partial charge in [-0.25, -0.2) is 9.37 Å². The summed E-state index contributed by atoms with van der Waals surface area (Å²) in [7, 11) is 0. The highest BCUT2D eigenvalue weighted by Gasteiger charge is 2.24. The first-order valence-electron chi connectivity index (χ1n) is 10.4. The van der Waals surface area contributed by atoms with E-state index in [1.165, 1.54) is 18.2 Å². The second-order valence-electron chi connectivity index (χ2n) is 7.75. The standard InChI is InChI=1S/C26H22FN3O3/c1-15-11-17(8-7-16(2)31)12-23(28-15)26(33)30-25(20-14-19(27)9-10-24(20)32)22-13-18-5-3-4-6-21(18)29-22/h3-6,9-14,16,25,29,31-32H,1-2H3,(H,30,33)/t16-,25?/m1/s1. The van der Waals surface area contributed by atoms with Gasteiger partial charge in [0.1, 0.15) is 23.4 Å². The smallest absolute Gasteiger partial charge is 0.270 e. The lowest BCUT2D eigenvalue weighted by molar-refractivity contribution is 0.0936. The third kappa shape index (κ3) is 5.03. The molecule has 2 aromatic carbocycles. The monoisotopic (exact) mass is 443 g/mol. The van der Waals surface area contributed by atoms with Crippen LogP contribution in [0.4, 0.5) is 4.39 Å². The van der Waals surface area contributed by atoms with Gasteiger partial charge in [0.15, 0.2) is 0 Å². The number of pyridine rings is 1. The van der Waals surface area contributed by atoms with E-state index < -0.39 is 23.9 Å². The number of aliphatic hydroxyl groups excluding tert-OH is 1. The van der Waals surface area contributed by atoms with Gasteiger partial charge in [-0.1, -0.05) is 30.0 Å². The van der Waals surface area contributed by atoms with Gasteiger partial charge in [0.05, 0.1) is 6.04 Å². The first-order chi connectivity index (χ1) is 15.8. The van der Waals surface area contributed by atoms with Crippen LogP contribution in [-0.4, -0.2) is 32.2 Å². The van der Waals surface area contributed by atoms with Crippen molar-refractivity contribution in [3.05, 3.63) is 94.7 Å². The Kier molecular flexibility index (Phi) is 6.11. The second-order valence-corrected chi connectivity index (χ2v) is 7.75. The van der Waals surface area contributed by atoms with Crippen molar-refractivity contribution in [1.82, 2.24) is 15.3 Å². The van der Waals surface area contributed by atoms with Gasteiger partial charge in [0.25, 0.3) is 5.91 Å². The third-order valence-electron chi connectivity index (χ3n) is 5.05. The van der Waals surface area contributed by atoms with Crippen LogP contribution in [0.1, 0.15) is 46.0 Å². The Morgan fingerprint density at radius 2 is 1.94 bits per heavy atom. The molecule has 0 spiro atoms. The number of fused-ring (bicyclic) bond motifs is 1. The van der Waals surface area contributed by atoms with Crippen LogP contribution in [0.3, 0.4) is 0 Å². The number of aromatic amines is 1. The third-order valence-corrected chi connectivity index (χ3v) is 5.05. The Hall–Kier alpha value is -4.15. The van der Waals surface area contributed by atoms with Gasteiger partial charge < -0.3 is 20.5 Å². The zero-order valence-corrected chi connectivity index (χ0v) is 18.1. The van der Waals surface area contributed by atoms with Crippen molar-refractivity contribution in [2.24, 2.45) is 0 Å². The molecule has 0 radical (unpaired) electrons. The zero-order valence-electron chi connectivity index (χ0n) is 18.1. The molecule has 0 aliphatic rings. The average molecular weight is 443 g/mol. The van der Waals surface area contributed by atoms with Gasteiger partial charge in [-0.3, -0.25) is 4.79 Å². The fraction of sp³-hybridized carbons (Fsp3) is 0.154. The van der Waals surface area contributed by atoms with Crippen LogP contribution in [0.5, 0.6) is 5.75 Å². The molecular weight excluding hydrogens is 421 g/mol. The molecule has 0 aliphatic carbocycles. The van der Waals surface area contributed by atoms with Crippen molar-refractivity contribution < 1.29 is 19.4 Å². The number of carbonyl (C=O) groups is 1. The Morgan fingerprint density at radius 1 is 1.15 bits per heavy atom. The summed E-state index contributed by atoms with van der Waals surface area (Å²) in [6.45, 7) is 3.28. The molecule has 7 heteroatoms. The molecule has 4 N–H and O–H groups in total. The summed E-state index contributed by atoms with van der Waals surface area (Å²) in [5.41, 5.74) is 2.84. The predicted molar refractivity (Wildman–Crippen MR) is 123 cm³/mol. The van der Waals surface area contributed by atoms with Gasteiger partial charge >= 0.3 is 0 Å². The second kappa shape index (κ2) is 9.15. The normalized spacial score (nSPS) is 12.6. The first kappa shape index (κ1) is 22.1. The molecule has 0 saturated carbocycles. The largest absolute Gasteiger partial charge is 0.508 e. The highest BCUT2D eigenvalue weighted by molar-refractivity contribution is 5.93. The van der Waals surface area contributed by atoms with Crippen LogP contribution in [0.2, 0.25) is 0 Å². The highest BCUT2D eigenvalue weighted by Crippen LogP contribution is 2.31. The van der Waals surface area contributed by atoms with Gasteiger partial charge in [0, 0.05) is 28.0 Å². The van der Waals surface area contributed by atoms with Crippen LogP contribution in [0, 0.1) is 24.6 Å². The van der Waals surface area contributed by atoms with Crippen molar-refractivity contribution in [2.75, 3.05) is 0 Å². The fourth-order valence-corrected chi connectivity index (χ4v) is 3.58. The molecule has 2 heterocycles. The van der Waals surface area contributed by atoms with E-state index in [0.29, 0.717) is 17.0 Å². The summed E-state index contributed by atoms with van der Waals surface area (Å²) in [5.74, 6) is 4.24. The molecular formula is C26H22FN3O3. The maximum atomic E-state index is 14.1. The lowest BCUT2D eigenvalue weighted by atomic mass is 10.0. The van der Waals surface area contributed by atoms with Gasteiger partial charge in [0.2, 0.25) is 0 Å². The summed E-state index contributed by atoms with van der Waals surface area (Å²) in [4.78, 5) is 20.7. The van der Waals surface area contributed by atoms with E-state index in [0.717, 1.165) is 17.0 Å². The Bertz CT molecular complexity index is 1370. The Morgan fingerprint density at radius 3 is 2.70 bits per heavy atom. The summed E-state index contributed by atoms with van der Waals surface area (Å²) < 4.78 is 14.1. The molecule has 2 aromatic heterocycles. The molecule has 4 aromatic rings. The number of phenolic OH excluding ortho intramolecular Hbond substituents is 1. The number of benzene rings is 2. The minimum Gasteiger partial charge on any atom is -0.508 e. The van der Waals surface area contributed by atoms with Crippen molar-refractivity contribution in [3.8, 4) is 17.6 Å². The SMILES string of the molecule is Cc1cc(C#C[C@@H](C)O)cc(C(=O)NC(c2cc3ccccc3[nH]2)c2cc(F)ccc2O)n1. The minimum absolute atomic E-state index is 0.113. The maximum absolute atomic E-state index is 14.1. The quantitative estimate of drug-likeness (QED) is 0.359. The molecule has 166 valence electrons. The summed E-state index contributed by atoms with van der Waals surface area (Å²) >= 11 is 0. The van der Waals surface area contributed by atoms with Crippen LogP contribution in [-0.2, 0) is 0 Å². The maximum Gasteiger partial charge on any atom is 0.270 e. The van der Waals surface area contributed by atoms with E-state index >= 15 is 0 Å². The summed E-state index contributed by atoms with van der Waals surface area (Å²) in [6.07, 6.45) is -0.807. The van der Waals surface area contributed by atoms with Gasteiger partial charge in [-0.15, -0.1) is 0 Å². The Balaban J connectivity index is 1.75. The van der Waals surface area contributed by atoms with E-state index in [9.17, 15) is 19.4 Å². The molecule has 4 rings (SSSR count). The number of phenols is 1. The number of amides is 1. The van der Waals surface area contributed by atoms with Crippen molar-refractivity contribution in [2.45, 2.75) is 26.0 Å². The number of nitrogens with zero attached hydrogens (tertiary/aromatic N) is 1. The molecule has 1 unspecified atom stereocenters. The Labute approximate surface area is 190 Å². The molecule has 0 bridgehead atoms. The first-order valence-corrected chi connectivity index (χ1v) is 10.4. The predicted octanol–water partition coefficient (Wildman–Crippen LogP) is 3.97. The number of hydrogen-bond donors (Lipinski definition) is 4. The topological polar surface area (TPSA) is 98.2 Å². The number of aromatic hydroxyl groups is 1. The van der Waals surface area contributed by atoms with Crippen molar-refractivity contribution >= 4 is 16.8 Å². The lowest BCUT2D eigenvalue weighted by Crippen LogP contribution is -2.30. The van der Waals surface area contributed by atoms with Crippen LogP contribution in [0.25, 0.3) is 10.9 Å². The number of aliphatic hydroxyl groups is 1. The summed E-state index contributed by atoms with van der Waals surface area (Å²) in [5, 5.41) is 23.6.